The van der Waals surface area contributed by atoms with E-state index in [1.165, 1.54) is 12.1 Å². The molecule has 1 rings (SSSR count). The first-order valence-electron chi connectivity index (χ1n) is 5.31. The molecule has 6 heteroatoms. The molecule has 96 valence electrons. The Morgan fingerprint density at radius 3 is 2.53 bits per heavy atom. The van der Waals surface area contributed by atoms with Gasteiger partial charge in [0.25, 0.3) is 5.78 Å². The molecule has 0 aliphatic carbocycles. The van der Waals surface area contributed by atoms with Gasteiger partial charge in [-0.2, -0.15) is 0 Å². The number of aryl methyl sites for hydroxylation is 1. The van der Waals surface area contributed by atoms with E-state index in [0.717, 1.165) is 6.07 Å². The van der Waals surface area contributed by atoms with Gasteiger partial charge in [0, 0.05) is 0 Å². The van der Waals surface area contributed by atoms with Crippen molar-refractivity contribution in [2.75, 3.05) is 6.61 Å². The number of esters is 1. The third-order valence-electron chi connectivity index (χ3n) is 2.07. The van der Waals surface area contributed by atoms with E-state index in [4.69, 9.17) is 0 Å². The summed E-state index contributed by atoms with van der Waals surface area (Å²) in [6.45, 7) is 3.21. The van der Waals surface area contributed by atoms with Crippen molar-refractivity contribution in [3.63, 3.8) is 0 Å². The summed E-state index contributed by atoms with van der Waals surface area (Å²) in [7, 11) is 0. The van der Waals surface area contributed by atoms with Crippen LogP contribution in [0.1, 0.15) is 18.1 Å². The van der Waals surface area contributed by atoms with Crippen LogP contribution >= 0.6 is 0 Å². The quantitative estimate of drug-likeness (QED) is 0.205. The predicted molar refractivity (Wildman–Crippen MR) is 60.8 cm³/mol. The summed E-state index contributed by atoms with van der Waals surface area (Å²) in [6.07, 6.45) is 0.603. The average Bonchev–Trinajstić information content (AvgIpc) is 2.27. The number of rotatable bonds is 4. The van der Waals surface area contributed by atoms with Gasteiger partial charge in [-0.15, -0.1) is 0 Å². The molecule has 0 fully saturated rings. The van der Waals surface area contributed by atoms with Crippen LogP contribution in [0.15, 0.2) is 24.3 Å². The molecule has 0 bridgehead atoms. The van der Waals surface area contributed by atoms with Crippen molar-refractivity contribution in [1.29, 1.82) is 0 Å². The molecule has 0 aromatic heterocycles. The summed E-state index contributed by atoms with van der Waals surface area (Å²) in [5, 5.41) is 11.6. The van der Waals surface area contributed by atoms with E-state index in [1.807, 2.05) is 0 Å². The molecular formula is C13H12FLiO4. The molecule has 0 saturated heterocycles. The molecule has 0 spiro atoms. The Morgan fingerprint density at radius 2 is 2.00 bits per heavy atom. The molecule has 0 radical (unpaired) electrons. The van der Waals surface area contributed by atoms with E-state index in [1.54, 1.807) is 13.8 Å². The van der Waals surface area contributed by atoms with Crippen LogP contribution in [0.25, 0.3) is 5.76 Å². The standard InChI is InChI=1S/C13H13FO4.Li/c1-3-18-13(17)12(16)7-11(15)9-4-8(2)5-10(14)6-9;/h4-7,15H,3H2,1-2H3;/q;+1/p-1. The second-order valence-corrected chi connectivity index (χ2v) is 3.61. The van der Waals surface area contributed by atoms with Crippen LogP contribution in [-0.2, 0) is 14.3 Å². The topological polar surface area (TPSA) is 66.4 Å². The average molecular weight is 258 g/mol. The predicted octanol–water partition coefficient (Wildman–Crippen LogP) is -2.03. The Labute approximate surface area is 122 Å². The smallest absolute Gasteiger partial charge is 0.872 e. The molecule has 0 N–H and O–H groups in total. The molecule has 4 nitrogen and oxygen atoms in total. The summed E-state index contributed by atoms with van der Waals surface area (Å²) in [5.74, 6) is -3.45. The van der Waals surface area contributed by atoms with E-state index in [0.29, 0.717) is 11.6 Å². The van der Waals surface area contributed by atoms with E-state index >= 15 is 0 Å². The van der Waals surface area contributed by atoms with Crippen molar-refractivity contribution in [3.8, 4) is 0 Å². The summed E-state index contributed by atoms with van der Waals surface area (Å²) in [5.41, 5.74) is 0.570. The molecule has 0 atom stereocenters. The molecule has 0 aliphatic rings. The molecule has 0 aliphatic heterocycles. The van der Waals surface area contributed by atoms with Crippen LogP contribution in [0.2, 0.25) is 0 Å². The number of ether oxygens (including phenoxy) is 1. The molecule has 0 saturated carbocycles. The number of ketones is 1. The number of benzene rings is 1. The number of hydrogen-bond donors (Lipinski definition) is 0. The van der Waals surface area contributed by atoms with Gasteiger partial charge in [0.15, 0.2) is 0 Å². The van der Waals surface area contributed by atoms with E-state index in [-0.39, 0.29) is 31.0 Å². The van der Waals surface area contributed by atoms with Gasteiger partial charge in [-0.3, -0.25) is 4.79 Å². The van der Waals surface area contributed by atoms with Gasteiger partial charge in [0.2, 0.25) is 0 Å². The van der Waals surface area contributed by atoms with Crippen molar-refractivity contribution in [3.05, 3.63) is 41.2 Å². The molecule has 0 amide bonds. The summed E-state index contributed by atoms with van der Waals surface area (Å²) < 4.78 is 17.5. The zero-order valence-electron chi connectivity index (χ0n) is 11.0. The Morgan fingerprint density at radius 1 is 1.37 bits per heavy atom. The molecule has 0 unspecified atom stereocenters. The minimum absolute atomic E-state index is 0. The SMILES string of the molecule is CCOC(=O)C(=O)C=C([O-])c1cc(C)cc(F)c1.[Li+]. The van der Waals surface area contributed by atoms with Gasteiger partial charge in [-0.05, 0) is 43.2 Å². The Balaban J connectivity index is 0.00000324. The van der Waals surface area contributed by atoms with Crippen molar-refractivity contribution in [2.45, 2.75) is 13.8 Å². The molecule has 1 aromatic carbocycles. The van der Waals surface area contributed by atoms with E-state index < -0.39 is 23.3 Å². The largest absolute Gasteiger partial charge is 1.00 e. The minimum atomic E-state index is -1.10. The van der Waals surface area contributed by atoms with Crippen LogP contribution in [0.4, 0.5) is 4.39 Å². The fourth-order valence-corrected chi connectivity index (χ4v) is 1.34. The van der Waals surface area contributed by atoms with Gasteiger partial charge in [-0.25, -0.2) is 9.18 Å². The molecule has 1 aromatic rings. The van der Waals surface area contributed by atoms with Gasteiger partial charge in [-0.1, -0.05) is 11.8 Å². The normalized spacial score (nSPS) is 10.6. The van der Waals surface area contributed by atoms with Gasteiger partial charge < -0.3 is 9.84 Å². The zero-order chi connectivity index (χ0) is 13.7. The third-order valence-corrected chi connectivity index (χ3v) is 2.07. The number of carbonyl (C=O) groups is 2. The van der Waals surface area contributed by atoms with Crippen LogP contribution in [0.3, 0.4) is 0 Å². The fraction of sp³-hybridized carbons (Fsp3) is 0.231. The molecular weight excluding hydrogens is 246 g/mol. The number of hydrogen-bond acceptors (Lipinski definition) is 4. The number of carbonyl (C=O) groups excluding carboxylic acids is 2. The van der Waals surface area contributed by atoms with Crippen molar-refractivity contribution in [1.82, 2.24) is 0 Å². The fourth-order valence-electron chi connectivity index (χ4n) is 1.34. The van der Waals surface area contributed by atoms with Crippen LogP contribution < -0.4 is 24.0 Å². The second-order valence-electron chi connectivity index (χ2n) is 3.61. The maximum Gasteiger partial charge on any atom is 1.00 e. The van der Waals surface area contributed by atoms with Crippen molar-refractivity contribution >= 4 is 17.5 Å². The first kappa shape index (κ1) is 17.4. The monoisotopic (exact) mass is 258 g/mol. The van der Waals surface area contributed by atoms with Crippen LogP contribution in [0.5, 0.6) is 0 Å². The first-order valence-corrected chi connectivity index (χ1v) is 5.31. The summed E-state index contributed by atoms with van der Waals surface area (Å²) in [6, 6.07) is 3.69. The van der Waals surface area contributed by atoms with Gasteiger partial charge in [0.1, 0.15) is 5.82 Å². The van der Waals surface area contributed by atoms with E-state index in [2.05, 4.69) is 4.74 Å². The Kier molecular flexibility index (Phi) is 7.13. The summed E-state index contributed by atoms with van der Waals surface area (Å²) in [4.78, 5) is 22.3. The van der Waals surface area contributed by atoms with Crippen molar-refractivity contribution < 1.29 is 42.7 Å². The maximum absolute atomic E-state index is 13.1. The van der Waals surface area contributed by atoms with E-state index in [9.17, 15) is 19.1 Å². The van der Waals surface area contributed by atoms with Crippen LogP contribution in [-0.4, -0.2) is 18.4 Å². The third kappa shape index (κ3) is 5.29. The zero-order valence-corrected chi connectivity index (χ0v) is 11.0. The summed E-state index contributed by atoms with van der Waals surface area (Å²) >= 11 is 0. The second kappa shape index (κ2) is 7.77. The molecule has 19 heavy (non-hydrogen) atoms. The Bertz CT molecular complexity index is 491. The minimum Gasteiger partial charge on any atom is -0.872 e. The Hall–Kier alpha value is -1.57. The molecule has 0 heterocycles. The van der Waals surface area contributed by atoms with Crippen LogP contribution in [0, 0.1) is 12.7 Å². The first-order chi connectivity index (χ1) is 8.43. The van der Waals surface area contributed by atoms with Gasteiger partial charge in [0.05, 0.1) is 6.61 Å². The maximum atomic E-state index is 13.1. The van der Waals surface area contributed by atoms with Crippen molar-refractivity contribution in [2.24, 2.45) is 0 Å². The van der Waals surface area contributed by atoms with Gasteiger partial charge >= 0.3 is 24.8 Å². The number of halogens is 1.